The largest absolute Gasteiger partial charge is 0.274 e. The molecule has 0 saturated carbocycles. The van der Waals surface area contributed by atoms with Crippen molar-refractivity contribution in [2.24, 2.45) is 0 Å². The number of amides is 1. The van der Waals surface area contributed by atoms with Crippen LogP contribution in [0.4, 0.5) is 4.39 Å². The molecule has 0 unspecified atom stereocenters. The lowest BCUT2D eigenvalue weighted by molar-refractivity contribution is -0.119. The van der Waals surface area contributed by atoms with E-state index in [1.807, 2.05) is 23.0 Å². The maximum Gasteiger partial charge on any atom is 0.264 e. The lowest BCUT2D eigenvalue weighted by Crippen LogP contribution is -2.30. The van der Waals surface area contributed by atoms with Gasteiger partial charge in [-0.15, -0.1) is 0 Å². The molecule has 1 aromatic carbocycles. The first-order chi connectivity index (χ1) is 16.5. The second-order valence-corrected chi connectivity index (χ2v) is 9.12. The average Bonchev–Trinajstić information content (AvgIpc) is 2.80. The van der Waals surface area contributed by atoms with E-state index in [-0.39, 0.29) is 11.3 Å². The zero-order valence-electron chi connectivity index (χ0n) is 19.9. The van der Waals surface area contributed by atoms with Gasteiger partial charge in [0.2, 0.25) is 5.91 Å². The van der Waals surface area contributed by atoms with Crippen molar-refractivity contribution < 1.29 is 17.6 Å². The van der Waals surface area contributed by atoms with Gasteiger partial charge < -0.3 is 0 Å². The second-order valence-electron chi connectivity index (χ2n) is 7.44. The third kappa shape index (κ3) is 15.0. The van der Waals surface area contributed by atoms with Crippen molar-refractivity contribution in [1.29, 1.82) is 0 Å². The monoisotopic (exact) mass is 485 g/mol. The molecule has 0 heterocycles. The number of allylic oxidation sites excluding steroid dienone is 12. The summed E-state index contributed by atoms with van der Waals surface area (Å²) in [5.41, 5.74) is 0. The summed E-state index contributed by atoms with van der Waals surface area (Å²) in [4.78, 5) is 11.7. The highest BCUT2D eigenvalue weighted by molar-refractivity contribution is 7.90. The van der Waals surface area contributed by atoms with E-state index < -0.39 is 21.7 Å². The first-order valence-corrected chi connectivity index (χ1v) is 13.1. The molecule has 6 heteroatoms. The van der Waals surface area contributed by atoms with Crippen molar-refractivity contribution in [1.82, 2.24) is 4.72 Å². The van der Waals surface area contributed by atoms with Crippen LogP contribution in [0, 0.1) is 5.82 Å². The van der Waals surface area contributed by atoms with Gasteiger partial charge >= 0.3 is 0 Å². The summed E-state index contributed by atoms with van der Waals surface area (Å²) in [6, 6.07) is 4.32. The minimum Gasteiger partial charge on any atom is -0.274 e. The van der Waals surface area contributed by atoms with Crippen molar-refractivity contribution in [2.45, 2.75) is 63.2 Å². The molecule has 184 valence electrons. The molecule has 0 aliphatic rings. The summed E-state index contributed by atoms with van der Waals surface area (Å²) in [6.07, 6.45) is 31.3. The topological polar surface area (TPSA) is 63.2 Å². The zero-order valence-corrected chi connectivity index (χ0v) is 20.7. The lowest BCUT2D eigenvalue weighted by atomic mass is 10.2. The normalized spacial score (nSPS) is 13.0. The fourth-order valence-corrected chi connectivity index (χ4v) is 3.74. The van der Waals surface area contributed by atoms with Gasteiger partial charge in [-0.3, -0.25) is 4.79 Å². The Labute approximate surface area is 204 Å². The number of rotatable bonds is 16. The van der Waals surface area contributed by atoms with E-state index in [9.17, 15) is 17.6 Å². The van der Waals surface area contributed by atoms with Gasteiger partial charge in [0, 0.05) is 6.42 Å². The molecule has 1 amide bonds. The smallest absolute Gasteiger partial charge is 0.264 e. The summed E-state index contributed by atoms with van der Waals surface area (Å²) < 4.78 is 39.0. The number of benzene rings is 1. The van der Waals surface area contributed by atoms with E-state index >= 15 is 0 Å². The number of hydrogen-bond acceptors (Lipinski definition) is 3. The standard InChI is InChI=1S/C28H36FNO3S/c1-2-3-4-5-6-7-8-9-10-11-12-13-14-15-16-17-18-19-20-21-28(31)30-34(32,33)27-24-22-26(29)23-25-27/h3-4,6-7,9-10,12-13,15-16,18-19,22-25H,2,5,8,11,14,17,20-21H2,1H3,(H,30,31)/b4-3-,7-6-,10-9-,13-12-,16-15-,19-18-. The van der Waals surface area contributed by atoms with Gasteiger partial charge in [0.1, 0.15) is 5.82 Å². The van der Waals surface area contributed by atoms with Crippen LogP contribution < -0.4 is 4.72 Å². The van der Waals surface area contributed by atoms with Gasteiger partial charge in [-0.2, -0.15) is 0 Å². The van der Waals surface area contributed by atoms with Crippen LogP contribution in [-0.4, -0.2) is 14.3 Å². The van der Waals surface area contributed by atoms with Crippen LogP contribution in [0.15, 0.2) is 102 Å². The third-order valence-electron chi connectivity index (χ3n) is 4.51. The Kier molecular flexibility index (Phi) is 15.7. The van der Waals surface area contributed by atoms with Gasteiger partial charge in [0.25, 0.3) is 10.0 Å². The SMILES string of the molecule is CC/C=C\C/C=C\C/C=C\C/C=C\C/C=C\C/C=C\CCC(=O)NS(=O)(=O)c1ccc(F)cc1. The molecule has 0 spiro atoms. The molecule has 4 nitrogen and oxygen atoms in total. The zero-order chi connectivity index (χ0) is 24.9. The van der Waals surface area contributed by atoms with Crippen LogP contribution in [0.25, 0.3) is 0 Å². The molecule has 0 aliphatic heterocycles. The van der Waals surface area contributed by atoms with Crippen LogP contribution in [0.5, 0.6) is 0 Å². The molecule has 0 aliphatic carbocycles. The molecule has 0 bridgehead atoms. The maximum absolute atomic E-state index is 12.9. The van der Waals surface area contributed by atoms with Gasteiger partial charge in [-0.1, -0.05) is 79.8 Å². The predicted molar refractivity (Wildman–Crippen MR) is 139 cm³/mol. The number of carbonyl (C=O) groups excluding carboxylic acids is 1. The lowest BCUT2D eigenvalue weighted by Gasteiger charge is -2.06. The van der Waals surface area contributed by atoms with E-state index in [0.717, 1.165) is 62.8 Å². The van der Waals surface area contributed by atoms with Gasteiger partial charge in [-0.25, -0.2) is 17.5 Å². The van der Waals surface area contributed by atoms with Gasteiger partial charge in [0.05, 0.1) is 4.90 Å². The van der Waals surface area contributed by atoms with E-state index in [2.05, 4.69) is 61.6 Å². The van der Waals surface area contributed by atoms with Crippen LogP contribution in [0.2, 0.25) is 0 Å². The van der Waals surface area contributed by atoms with Gasteiger partial charge in [0.15, 0.2) is 0 Å². The number of carbonyl (C=O) groups is 1. The van der Waals surface area contributed by atoms with E-state index in [0.29, 0.717) is 6.42 Å². The molecule has 1 rings (SSSR count). The summed E-state index contributed by atoms with van der Waals surface area (Å²) in [5.74, 6) is -1.13. The van der Waals surface area contributed by atoms with Crippen molar-refractivity contribution >= 4 is 15.9 Å². The molecule has 1 N–H and O–H groups in total. The Morgan fingerprint density at radius 1 is 0.735 bits per heavy atom. The second kappa shape index (κ2) is 18.4. The average molecular weight is 486 g/mol. The fraction of sp³-hybridized carbons (Fsp3) is 0.321. The minimum absolute atomic E-state index is 0.0581. The molecule has 0 saturated heterocycles. The van der Waals surface area contributed by atoms with E-state index in [1.54, 1.807) is 0 Å². The Bertz CT molecular complexity index is 985. The molecule has 0 radical (unpaired) electrons. The summed E-state index contributed by atoms with van der Waals surface area (Å²) in [7, 11) is -3.97. The third-order valence-corrected chi connectivity index (χ3v) is 5.90. The van der Waals surface area contributed by atoms with Crippen LogP contribution >= 0.6 is 0 Å². The van der Waals surface area contributed by atoms with Crippen LogP contribution in [0.3, 0.4) is 0 Å². The quantitative estimate of drug-likeness (QED) is 0.254. The highest BCUT2D eigenvalue weighted by Crippen LogP contribution is 2.10. The van der Waals surface area contributed by atoms with Crippen LogP contribution in [-0.2, 0) is 14.8 Å². The fourth-order valence-electron chi connectivity index (χ4n) is 2.73. The molecule has 0 aromatic heterocycles. The van der Waals surface area contributed by atoms with Crippen molar-refractivity contribution in [3.05, 3.63) is 103 Å². The Balaban J connectivity index is 2.11. The number of nitrogens with one attached hydrogen (secondary N) is 1. The highest BCUT2D eigenvalue weighted by Gasteiger charge is 2.16. The van der Waals surface area contributed by atoms with Crippen molar-refractivity contribution in [2.75, 3.05) is 0 Å². The summed E-state index contributed by atoms with van der Waals surface area (Å²) >= 11 is 0. The van der Waals surface area contributed by atoms with E-state index in [1.165, 1.54) is 0 Å². The molecule has 1 aromatic rings. The number of hydrogen-bond donors (Lipinski definition) is 1. The molecular weight excluding hydrogens is 449 g/mol. The Morgan fingerprint density at radius 3 is 1.59 bits per heavy atom. The molecule has 0 fully saturated rings. The molecule has 34 heavy (non-hydrogen) atoms. The predicted octanol–water partition coefficient (Wildman–Crippen LogP) is 7.11. The summed E-state index contributed by atoms with van der Waals surface area (Å²) in [6.45, 7) is 2.13. The Hall–Kier alpha value is -2.99. The number of halogens is 1. The Morgan fingerprint density at radius 2 is 1.15 bits per heavy atom. The van der Waals surface area contributed by atoms with Gasteiger partial charge in [-0.05, 0) is 69.2 Å². The van der Waals surface area contributed by atoms with E-state index in [4.69, 9.17) is 0 Å². The molecular formula is C28H36FNO3S. The van der Waals surface area contributed by atoms with Crippen molar-refractivity contribution in [3.63, 3.8) is 0 Å². The highest BCUT2D eigenvalue weighted by atomic mass is 32.2. The van der Waals surface area contributed by atoms with Crippen LogP contribution in [0.1, 0.15) is 58.3 Å². The first-order valence-electron chi connectivity index (χ1n) is 11.7. The van der Waals surface area contributed by atoms with Crippen molar-refractivity contribution in [3.8, 4) is 0 Å². The first kappa shape index (κ1) is 29.0. The number of sulfonamides is 1. The minimum atomic E-state index is -3.97. The maximum atomic E-state index is 12.9. The summed E-state index contributed by atoms with van der Waals surface area (Å²) in [5, 5.41) is 0. The molecule has 0 atom stereocenters.